The monoisotopic (exact) mass is 265 g/mol. The van der Waals surface area contributed by atoms with Crippen molar-refractivity contribution in [2.45, 2.75) is 32.1 Å². The Labute approximate surface area is 106 Å². The molecule has 0 saturated heterocycles. The van der Waals surface area contributed by atoms with Gasteiger partial charge in [-0.3, -0.25) is 4.79 Å². The molecular formula is C10H19NO5S. The maximum Gasteiger partial charge on any atom is 0.329 e. The highest BCUT2D eigenvalue weighted by Crippen LogP contribution is 2.07. The van der Waals surface area contributed by atoms with Gasteiger partial charge in [-0.25, -0.2) is 4.79 Å². The Balaban J connectivity index is 4.27. The molecule has 7 heteroatoms. The molecule has 17 heavy (non-hydrogen) atoms. The van der Waals surface area contributed by atoms with E-state index in [4.69, 9.17) is 14.2 Å². The lowest BCUT2D eigenvalue weighted by Gasteiger charge is -2.19. The maximum absolute atomic E-state index is 11.5. The van der Waals surface area contributed by atoms with E-state index in [1.165, 1.54) is 21.1 Å². The Morgan fingerprint density at radius 1 is 1.24 bits per heavy atom. The first-order chi connectivity index (χ1) is 8.04. The molecule has 0 bridgehead atoms. The molecule has 6 nitrogen and oxygen atoms in total. The van der Waals surface area contributed by atoms with Crippen LogP contribution in [0.15, 0.2) is 0 Å². The van der Waals surface area contributed by atoms with E-state index in [1.807, 2.05) is 0 Å². The van der Waals surface area contributed by atoms with Gasteiger partial charge in [-0.2, -0.15) is 0 Å². The molecule has 1 unspecified atom stereocenters. The third-order valence-corrected chi connectivity index (χ3v) is 2.21. The van der Waals surface area contributed by atoms with Crippen LogP contribution in [0.5, 0.6) is 0 Å². The van der Waals surface area contributed by atoms with Crippen molar-refractivity contribution in [2.24, 2.45) is 0 Å². The second-order valence-corrected chi connectivity index (χ2v) is 3.58. The van der Waals surface area contributed by atoms with Gasteiger partial charge in [0.25, 0.3) is 0 Å². The van der Waals surface area contributed by atoms with E-state index in [0.29, 0.717) is 12.8 Å². The number of carbonyl (C=O) groups is 2. The first kappa shape index (κ1) is 16.2. The fraction of sp³-hybridized carbons (Fsp3) is 0.800. The lowest BCUT2D eigenvalue weighted by Crippen LogP contribution is -2.41. The lowest BCUT2D eigenvalue weighted by atomic mass is 10.1. The van der Waals surface area contributed by atoms with Gasteiger partial charge in [0.2, 0.25) is 5.91 Å². The van der Waals surface area contributed by atoms with Crippen molar-refractivity contribution in [3.63, 3.8) is 0 Å². The van der Waals surface area contributed by atoms with Crippen LogP contribution in [0.25, 0.3) is 0 Å². The first-order valence-electron chi connectivity index (χ1n) is 5.15. The molecule has 0 fully saturated rings. The van der Waals surface area contributed by atoms with Crippen molar-refractivity contribution in [3.05, 3.63) is 0 Å². The summed E-state index contributed by atoms with van der Waals surface area (Å²) < 4.78 is 14.7. The second-order valence-electron chi connectivity index (χ2n) is 3.32. The molecule has 0 spiro atoms. The quantitative estimate of drug-likeness (QED) is 0.376. The molecule has 1 amide bonds. The molecule has 0 heterocycles. The van der Waals surface area contributed by atoms with Gasteiger partial charge in [-0.15, -0.1) is 12.6 Å². The lowest BCUT2D eigenvalue weighted by molar-refractivity contribution is -0.147. The first-order valence-corrected chi connectivity index (χ1v) is 5.78. The molecule has 0 aromatic rings. The van der Waals surface area contributed by atoms with Crippen molar-refractivity contribution in [2.75, 3.05) is 20.2 Å². The zero-order valence-corrected chi connectivity index (χ0v) is 11.2. The Hall–Kier alpha value is -0.790. The zero-order valence-electron chi connectivity index (χ0n) is 10.3. The second kappa shape index (κ2) is 9.26. The summed E-state index contributed by atoms with van der Waals surface area (Å²) in [6.45, 7) is 1.34. The summed E-state index contributed by atoms with van der Waals surface area (Å²) in [6, 6.07) is -0.701. The van der Waals surface area contributed by atoms with E-state index in [1.54, 1.807) is 0 Å². The number of amides is 1. The zero-order chi connectivity index (χ0) is 13.3. The molecule has 0 aromatic carbocycles. The Bertz CT molecular complexity index is 245. The summed E-state index contributed by atoms with van der Waals surface area (Å²) in [4.78, 5) is 22.4. The molecule has 0 aliphatic rings. The molecule has 100 valence electrons. The van der Waals surface area contributed by atoms with Crippen molar-refractivity contribution in [1.29, 1.82) is 0 Å². The van der Waals surface area contributed by atoms with E-state index in [9.17, 15) is 9.59 Å². The SMILES string of the molecule is COC(CCC(NC(C)=O)C(=O)OCS)OC. The average Bonchev–Trinajstić information content (AvgIpc) is 2.28. The largest absolute Gasteiger partial charge is 0.453 e. The predicted octanol–water partition coefficient (Wildman–Crippen LogP) is 0.321. The minimum Gasteiger partial charge on any atom is -0.453 e. The van der Waals surface area contributed by atoms with Gasteiger partial charge in [0, 0.05) is 27.6 Å². The predicted molar refractivity (Wildman–Crippen MR) is 64.6 cm³/mol. The van der Waals surface area contributed by atoms with Crippen LogP contribution in [-0.4, -0.2) is 44.4 Å². The summed E-state index contributed by atoms with van der Waals surface area (Å²) in [5.74, 6) is -0.828. The number of hydrogen-bond donors (Lipinski definition) is 2. The molecule has 0 saturated carbocycles. The van der Waals surface area contributed by atoms with Crippen LogP contribution in [0, 0.1) is 0 Å². The molecule has 1 N–H and O–H groups in total. The third kappa shape index (κ3) is 7.19. The van der Waals surface area contributed by atoms with Gasteiger partial charge in [0.05, 0.1) is 0 Å². The number of thiol groups is 1. The molecule has 0 rings (SSSR count). The molecule has 0 aromatic heterocycles. The van der Waals surface area contributed by atoms with Crippen LogP contribution in [0.1, 0.15) is 19.8 Å². The fourth-order valence-corrected chi connectivity index (χ4v) is 1.42. The highest BCUT2D eigenvalue weighted by Gasteiger charge is 2.22. The van der Waals surface area contributed by atoms with Crippen LogP contribution < -0.4 is 5.32 Å². The minimum absolute atomic E-state index is 0.0209. The van der Waals surface area contributed by atoms with E-state index < -0.39 is 18.3 Å². The molecule has 0 radical (unpaired) electrons. The van der Waals surface area contributed by atoms with E-state index >= 15 is 0 Å². The molecule has 0 aliphatic heterocycles. The van der Waals surface area contributed by atoms with E-state index in [-0.39, 0.29) is 11.8 Å². The number of nitrogens with one attached hydrogen (secondary N) is 1. The number of hydrogen-bond acceptors (Lipinski definition) is 6. The summed E-state index contributed by atoms with van der Waals surface area (Å²) in [5, 5.41) is 2.51. The molecule has 0 aliphatic carbocycles. The average molecular weight is 265 g/mol. The Morgan fingerprint density at radius 2 is 1.82 bits per heavy atom. The summed E-state index contributed by atoms with van der Waals surface area (Å²) in [7, 11) is 3.02. The maximum atomic E-state index is 11.5. The standard InChI is InChI=1S/C10H19NO5S/c1-7(12)11-8(10(13)16-6-17)4-5-9(14-2)15-3/h8-9,17H,4-6H2,1-3H3,(H,11,12). The van der Waals surface area contributed by atoms with Gasteiger partial charge < -0.3 is 19.5 Å². The number of esters is 1. The number of carbonyl (C=O) groups excluding carboxylic acids is 2. The fourth-order valence-electron chi connectivity index (χ4n) is 1.29. The van der Waals surface area contributed by atoms with Crippen LogP contribution >= 0.6 is 12.6 Å². The number of methoxy groups -OCH3 is 2. The van der Waals surface area contributed by atoms with Gasteiger partial charge in [0.1, 0.15) is 12.0 Å². The summed E-state index contributed by atoms with van der Waals surface area (Å²) >= 11 is 3.79. The number of ether oxygens (including phenoxy) is 3. The molecular weight excluding hydrogens is 246 g/mol. The van der Waals surface area contributed by atoms with Crippen molar-refractivity contribution >= 4 is 24.5 Å². The van der Waals surface area contributed by atoms with Crippen LogP contribution in [-0.2, 0) is 23.8 Å². The van der Waals surface area contributed by atoms with Crippen LogP contribution in [0.2, 0.25) is 0 Å². The normalized spacial score (nSPS) is 12.3. The van der Waals surface area contributed by atoms with Gasteiger partial charge in [-0.05, 0) is 6.42 Å². The molecule has 1 atom stereocenters. The Kier molecular flexibility index (Phi) is 8.83. The van der Waals surface area contributed by atoms with Gasteiger partial charge in [0.15, 0.2) is 6.29 Å². The number of rotatable bonds is 8. The highest BCUT2D eigenvalue weighted by molar-refractivity contribution is 7.80. The minimum atomic E-state index is -0.701. The van der Waals surface area contributed by atoms with E-state index in [2.05, 4.69) is 17.9 Å². The van der Waals surface area contributed by atoms with Crippen molar-refractivity contribution in [3.8, 4) is 0 Å². The van der Waals surface area contributed by atoms with Crippen LogP contribution in [0.3, 0.4) is 0 Å². The third-order valence-electron chi connectivity index (χ3n) is 2.09. The van der Waals surface area contributed by atoms with Crippen molar-refractivity contribution in [1.82, 2.24) is 5.32 Å². The highest BCUT2D eigenvalue weighted by atomic mass is 32.1. The summed E-state index contributed by atoms with van der Waals surface area (Å²) in [6.07, 6.45) is 0.438. The van der Waals surface area contributed by atoms with Gasteiger partial charge in [-0.1, -0.05) is 0 Å². The van der Waals surface area contributed by atoms with Crippen LogP contribution in [0.4, 0.5) is 0 Å². The summed E-state index contributed by atoms with van der Waals surface area (Å²) in [5.41, 5.74) is 0. The topological polar surface area (TPSA) is 73.9 Å². The van der Waals surface area contributed by atoms with E-state index in [0.717, 1.165) is 0 Å². The smallest absolute Gasteiger partial charge is 0.329 e. The van der Waals surface area contributed by atoms with Gasteiger partial charge >= 0.3 is 5.97 Å². The van der Waals surface area contributed by atoms with Crippen molar-refractivity contribution < 1.29 is 23.8 Å². The Morgan fingerprint density at radius 3 is 2.24 bits per heavy atom.